The highest BCUT2D eigenvalue weighted by Gasteiger charge is 2.38. The van der Waals surface area contributed by atoms with Crippen LogP contribution in [-0.4, -0.2) is 40.9 Å². The largest absolute Gasteiger partial charge is 0.493 e. The molecule has 168 valence electrons. The van der Waals surface area contributed by atoms with Gasteiger partial charge in [0.2, 0.25) is 0 Å². The van der Waals surface area contributed by atoms with Gasteiger partial charge in [-0.3, -0.25) is 9.69 Å². The lowest BCUT2D eigenvalue weighted by Crippen LogP contribution is -2.42. The van der Waals surface area contributed by atoms with E-state index >= 15 is 0 Å². The lowest BCUT2D eigenvalue weighted by Gasteiger charge is -2.21. The molecule has 1 aliphatic rings. The van der Waals surface area contributed by atoms with Crippen LogP contribution in [0.5, 0.6) is 11.5 Å². The summed E-state index contributed by atoms with van der Waals surface area (Å²) < 4.78 is 17.5. The quantitative estimate of drug-likeness (QED) is 0.262. The monoisotopic (exact) mass is 535 g/mol. The molecule has 0 N–H and O–H groups in total. The number of carbonyl (C=O) groups excluding carboxylic acids is 2. The van der Waals surface area contributed by atoms with Crippen LogP contribution in [0.1, 0.15) is 25.0 Å². The fourth-order valence-corrected chi connectivity index (χ4v) is 5.02. The predicted molar refractivity (Wildman–Crippen MR) is 133 cm³/mol. The molecular weight excluding hydrogens is 514 g/mol. The van der Waals surface area contributed by atoms with Gasteiger partial charge >= 0.3 is 5.97 Å². The molecule has 1 fully saturated rings. The minimum Gasteiger partial charge on any atom is -0.493 e. The Bertz CT molecular complexity index is 1060. The highest BCUT2D eigenvalue weighted by atomic mass is 79.9. The van der Waals surface area contributed by atoms with E-state index in [0.717, 1.165) is 22.9 Å². The van der Waals surface area contributed by atoms with Gasteiger partial charge in [0.25, 0.3) is 5.91 Å². The molecule has 9 heteroatoms. The highest BCUT2D eigenvalue weighted by Crippen LogP contribution is 2.40. The summed E-state index contributed by atoms with van der Waals surface area (Å²) in [6.45, 7) is 3.94. The van der Waals surface area contributed by atoms with Gasteiger partial charge in [-0.05, 0) is 59.1 Å². The fourth-order valence-electron chi connectivity index (χ4n) is 3.03. The molecule has 0 radical (unpaired) electrons. The molecule has 1 amide bonds. The van der Waals surface area contributed by atoms with Crippen LogP contribution >= 0.6 is 39.9 Å². The van der Waals surface area contributed by atoms with E-state index in [4.69, 9.17) is 26.4 Å². The number of hydrogen-bond acceptors (Lipinski definition) is 7. The zero-order chi connectivity index (χ0) is 23.3. The van der Waals surface area contributed by atoms with E-state index in [1.807, 2.05) is 36.4 Å². The van der Waals surface area contributed by atoms with Crippen molar-refractivity contribution in [2.75, 3.05) is 13.7 Å². The van der Waals surface area contributed by atoms with E-state index in [-0.39, 0.29) is 12.5 Å². The number of halogens is 1. The van der Waals surface area contributed by atoms with Gasteiger partial charge in [-0.25, -0.2) is 4.79 Å². The highest BCUT2D eigenvalue weighted by molar-refractivity contribution is 9.10. The Labute approximate surface area is 205 Å². The molecule has 0 aliphatic carbocycles. The topological polar surface area (TPSA) is 65.1 Å². The molecular formula is C23H22BrNO5S2. The number of esters is 1. The van der Waals surface area contributed by atoms with Crippen molar-refractivity contribution in [1.29, 1.82) is 0 Å². The lowest BCUT2D eigenvalue weighted by molar-refractivity contribution is -0.149. The van der Waals surface area contributed by atoms with Crippen LogP contribution in [0.2, 0.25) is 0 Å². The van der Waals surface area contributed by atoms with Crippen molar-refractivity contribution in [1.82, 2.24) is 4.90 Å². The molecule has 3 rings (SSSR count). The third-order valence-corrected chi connectivity index (χ3v) is 6.53. The van der Waals surface area contributed by atoms with E-state index < -0.39 is 12.0 Å². The Balaban J connectivity index is 1.82. The van der Waals surface area contributed by atoms with Crippen molar-refractivity contribution in [2.45, 2.75) is 26.5 Å². The summed E-state index contributed by atoms with van der Waals surface area (Å²) in [6, 6.07) is 12.6. The van der Waals surface area contributed by atoms with E-state index in [1.54, 1.807) is 33.1 Å². The summed E-state index contributed by atoms with van der Waals surface area (Å²) in [7, 11) is 1.56. The van der Waals surface area contributed by atoms with E-state index in [9.17, 15) is 9.59 Å². The van der Waals surface area contributed by atoms with Crippen molar-refractivity contribution < 1.29 is 23.8 Å². The van der Waals surface area contributed by atoms with Gasteiger partial charge in [0.1, 0.15) is 17.0 Å². The predicted octanol–water partition coefficient (Wildman–Crippen LogP) is 5.19. The third-order valence-electron chi connectivity index (χ3n) is 4.61. The second kappa shape index (κ2) is 11.0. The minimum absolute atomic E-state index is 0.236. The number of thiocarbonyl (C=S) groups is 1. The number of hydrogen-bond donors (Lipinski definition) is 0. The first kappa shape index (κ1) is 24.3. The summed E-state index contributed by atoms with van der Waals surface area (Å²) >= 11 is 10.0. The second-order valence-electron chi connectivity index (χ2n) is 6.79. The second-order valence-corrected chi connectivity index (χ2v) is 9.32. The van der Waals surface area contributed by atoms with Crippen LogP contribution in [0, 0.1) is 0 Å². The van der Waals surface area contributed by atoms with Crippen LogP contribution in [0.4, 0.5) is 0 Å². The van der Waals surface area contributed by atoms with Gasteiger partial charge in [0.15, 0.2) is 11.5 Å². The molecule has 0 saturated carbocycles. The summed E-state index contributed by atoms with van der Waals surface area (Å²) in [5.41, 5.74) is 1.76. The number of methoxy groups -OCH3 is 1. The van der Waals surface area contributed by atoms with Crippen LogP contribution in [0.25, 0.3) is 6.08 Å². The smallest absolute Gasteiger partial charge is 0.329 e. The van der Waals surface area contributed by atoms with Gasteiger partial charge in [0.05, 0.1) is 23.1 Å². The minimum atomic E-state index is -0.789. The average Bonchev–Trinajstić information content (AvgIpc) is 3.05. The number of thioether (sulfide) groups is 1. The Kier molecular flexibility index (Phi) is 8.33. The zero-order valence-corrected chi connectivity index (χ0v) is 21.0. The molecule has 2 aromatic rings. The number of benzene rings is 2. The van der Waals surface area contributed by atoms with Gasteiger partial charge in [-0.2, -0.15) is 0 Å². The molecule has 0 bridgehead atoms. The Hall–Kier alpha value is -2.36. The SMILES string of the molecule is CCOC(=O)C(C)N1C(=O)/C(=C/c2cc(Br)c(OCc3ccccc3)c(OC)c2)SC1=S. The average molecular weight is 536 g/mol. The van der Waals surface area contributed by atoms with Crippen molar-refractivity contribution in [3.8, 4) is 11.5 Å². The number of amides is 1. The van der Waals surface area contributed by atoms with Crippen LogP contribution in [0.3, 0.4) is 0 Å². The molecule has 1 atom stereocenters. The number of carbonyl (C=O) groups is 2. The molecule has 2 aromatic carbocycles. The molecule has 1 saturated heterocycles. The summed E-state index contributed by atoms with van der Waals surface area (Å²) in [6.07, 6.45) is 1.71. The molecule has 1 aliphatic heterocycles. The summed E-state index contributed by atoms with van der Waals surface area (Å²) in [5, 5.41) is 0. The van der Waals surface area contributed by atoms with Crippen LogP contribution in [-0.2, 0) is 20.9 Å². The van der Waals surface area contributed by atoms with E-state index in [0.29, 0.717) is 31.8 Å². The van der Waals surface area contributed by atoms with Gasteiger partial charge < -0.3 is 14.2 Å². The Morgan fingerprint density at radius 3 is 2.66 bits per heavy atom. The van der Waals surface area contributed by atoms with Gasteiger partial charge in [-0.1, -0.05) is 54.3 Å². The molecule has 32 heavy (non-hydrogen) atoms. The first-order valence-electron chi connectivity index (χ1n) is 9.83. The lowest BCUT2D eigenvalue weighted by atomic mass is 10.1. The normalized spacial score (nSPS) is 15.8. The molecule has 1 unspecified atom stereocenters. The van der Waals surface area contributed by atoms with Crippen molar-refractivity contribution in [3.05, 3.63) is 63.0 Å². The maximum atomic E-state index is 12.9. The van der Waals surface area contributed by atoms with Gasteiger partial charge in [-0.15, -0.1) is 0 Å². The summed E-state index contributed by atoms with van der Waals surface area (Å²) in [4.78, 5) is 26.7. The Morgan fingerprint density at radius 2 is 2.00 bits per heavy atom. The number of rotatable bonds is 8. The first-order chi connectivity index (χ1) is 15.3. The fraction of sp³-hybridized carbons (Fsp3) is 0.261. The molecule has 0 aromatic heterocycles. The van der Waals surface area contributed by atoms with E-state index in [2.05, 4.69) is 15.9 Å². The van der Waals surface area contributed by atoms with Crippen LogP contribution < -0.4 is 9.47 Å². The van der Waals surface area contributed by atoms with Crippen molar-refractivity contribution in [3.63, 3.8) is 0 Å². The summed E-state index contributed by atoms with van der Waals surface area (Å²) in [5.74, 6) is 0.267. The third kappa shape index (κ3) is 5.51. The van der Waals surface area contributed by atoms with Gasteiger partial charge in [0, 0.05) is 0 Å². The standard InChI is InChI=1S/C23H22BrNO5S2/c1-4-29-22(27)14(2)25-21(26)19(32-23(25)31)12-16-10-17(24)20(18(11-16)28-3)30-13-15-8-6-5-7-9-15/h5-12,14H,4,13H2,1-3H3/b19-12-. The first-order valence-corrected chi connectivity index (χ1v) is 11.9. The Morgan fingerprint density at radius 1 is 1.28 bits per heavy atom. The molecule has 0 spiro atoms. The number of nitrogens with zero attached hydrogens (tertiary/aromatic N) is 1. The van der Waals surface area contributed by atoms with Crippen molar-refractivity contribution in [2.24, 2.45) is 0 Å². The molecule has 6 nitrogen and oxygen atoms in total. The maximum Gasteiger partial charge on any atom is 0.329 e. The maximum absolute atomic E-state index is 12.9. The zero-order valence-electron chi connectivity index (χ0n) is 17.8. The van der Waals surface area contributed by atoms with Crippen LogP contribution in [0.15, 0.2) is 51.8 Å². The molecule has 1 heterocycles. The van der Waals surface area contributed by atoms with E-state index in [1.165, 1.54) is 4.90 Å². The van der Waals surface area contributed by atoms with Crippen molar-refractivity contribution >= 4 is 62.2 Å². The number of ether oxygens (including phenoxy) is 3.